The summed E-state index contributed by atoms with van der Waals surface area (Å²) < 4.78 is 34.8. The molecule has 2 aromatic rings. The summed E-state index contributed by atoms with van der Waals surface area (Å²) in [4.78, 5) is 6.56. The van der Waals surface area contributed by atoms with Gasteiger partial charge in [-0.05, 0) is 37.3 Å². The van der Waals surface area contributed by atoms with Crippen molar-refractivity contribution in [1.82, 2.24) is 10.6 Å². The van der Waals surface area contributed by atoms with E-state index in [9.17, 15) is 8.78 Å². The molecular formula is C17H22F2IN3O2S. The maximum Gasteiger partial charge on any atom is 0.387 e. The van der Waals surface area contributed by atoms with Crippen LogP contribution in [0.1, 0.15) is 15.3 Å². The van der Waals surface area contributed by atoms with Crippen LogP contribution in [0.25, 0.3) is 0 Å². The van der Waals surface area contributed by atoms with Crippen molar-refractivity contribution < 1.29 is 18.3 Å². The Hall–Kier alpha value is -1.62. The monoisotopic (exact) mass is 497 g/mol. The van der Waals surface area contributed by atoms with E-state index in [1.807, 2.05) is 0 Å². The predicted octanol–water partition coefficient (Wildman–Crippen LogP) is 4.15. The van der Waals surface area contributed by atoms with Gasteiger partial charge in [0.15, 0.2) is 5.96 Å². The molecule has 0 aliphatic carbocycles. The Bertz CT molecular complexity index is 726. The van der Waals surface area contributed by atoms with Gasteiger partial charge in [0, 0.05) is 28.9 Å². The number of hydrogen-bond donors (Lipinski definition) is 2. The summed E-state index contributed by atoms with van der Waals surface area (Å²) in [6.07, 6.45) is 0. The normalized spacial score (nSPS) is 11.1. The van der Waals surface area contributed by atoms with E-state index in [0.29, 0.717) is 23.8 Å². The Labute approximate surface area is 172 Å². The molecule has 2 N–H and O–H groups in total. The number of guanidine groups is 1. The first-order chi connectivity index (χ1) is 12.0. The van der Waals surface area contributed by atoms with Crippen LogP contribution in [0.4, 0.5) is 8.78 Å². The van der Waals surface area contributed by atoms with Gasteiger partial charge in [0.25, 0.3) is 0 Å². The Balaban J connectivity index is 0.00000338. The number of thiophene rings is 1. The Morgan fingerprint density at radius 2 is 1.92 bits per heavy atom. The highest BCUT2D eigenvalue weighted by Gasteiger charge is 2.11. The molecule has 0 unspecified atom stereocenters. The molecule has 9 heteroatoms. The average Bonchev–Trinajstić information content (AvgIpc) is 3.01. The SMILES string of the molecule is CN=C(NCc1ccc(C)s1)NCc1cc(OC)ccc1OC(F)F.I. The number of aliphatic imine (C=N–C) groups is 1. The van der Waals surface area contributed by atoms with Gasteiger partial charge in [0.05, 0.1) is 13.7 Å². The smallest absolute Gasteiger partial charge is 0.387 e. The van der Waals surface area contributed by atoms with E-state index in [1.165, 1.54) is 22.9 Å². The molecule has 0 spiro atoms. The predicted molar refractivity (Wildman–Crippen MR) is 111 cm³/mol. The summed E-state index contributed by atoms with van der Waals surface area (Å²) in [5, 5.41) is 6.28. The number of halogens is 3. The van der Waals surface area contributed by atoms with E-state index in [1.54, 1.807) is 30.5 Å². The molecule has 0 bridgehead atoms. The number of ether oxygens (including phenoxy) is 2. The van der Waals surface area contributed by atoms with E-state index < -0.39 is 6.61 Å². The molecule has 0 aliphatic heterocycles. The Kier molecular flexibility index (Phi) is 9.63. The lowest BCUT2D eigenvalue weighted by Gasteiger charge is -2.15. The fourth-order valence-corrected chi connectivity index (χ4v) is 3.01. The van der Waals surface area contributed by atoms with Crippen LogP contribution in [0.2, 0.25) is 0 Å². The maximum atomic E-state index is 12.5. The zero-order chi connectivity index (χ0) is 18.2. The third-order valence-corrected chi connectivity index (χ3v) is 4.38. The van der Waals surface area contributed by atoms with E-state index in [2.05, 4.69) is 39.4 Å². The first-order valence-corrected chi connectivity index (χ1v) is 8.45. The van der Waals surface area contributed by atoms with Crippen molar-refractivity contribution in [2.24, 2.45) is 4.99 Å². The zero-order valence-electron chi connectivity index (χ0n) is 14.7. The lowest BCUT2D eigenvalue weighted by molar-refractivity contribution is -0.0504. The minimum Gasteiger partial charge on any atom is -0.497 e. The highest BCUT2D eigenvalue weighted by molar-refractivity contribution is 14.0. The largest absolute Gasteiger partial charge is 0.497 e. The molecule has 2 rings (SSSR count). The second-order valence-electron chi connectivity index (χ2n) is 5.14. The van der Waals surface area contributed by atoms with Crippen LogP contribution >= 0.6 is 35.3 Å². The summed E-state index contributed by atoms with van der Waals surface area (Å²) in [5.74, 6) is 1.24. The van der Waals surface area contributed by atoms with Crippen LogP contribution in [0.15, 0.2) is 35.3 Å². The number of alkyl halides is 2. The second-order valence-corrected chi connectivity index (χ2v) is 6.52. The summed E-state index contributed by atoms with van der Waals surface area (Å²) in [7, 11) is 3.17. The third-order valence-electron chi connectivity index (χ3n) is 3.38. The molecule has 1 aromatic carbocycles. The molecular weight excluding hydrogens is 475 g/mol. The number of nitrogens with one attached hydrogen (secondary N) is 2. The number of nitrogens with zero attached hydrogens (tertiary/aromatic N) is 1. The Morgan fingerprint density at radius 3 is 2.50 bits per heavy atom. The van der Waals surface area contributed by atoms with E-state index in [0.717, 1.165) is 0 Å². The van der Waals surface area contributed by atoms with Crippen molar-refractivity contribution in [1.29, 1.82) is 0 Å². The standard InChI is InChI=1S/C17H21F2N3O2S.HI/c1-11-4-6-14(25-11)10-22-17(20-2)21-9-12-8-13(23-3)5-7-15(12)24-16(18)19;/h4-8,16H,9-10H2,1-3H3,(H2,20,21,22);1H. The van der Waals surface area contributed by atoms with Crippen LogP contribution < -0.4 is 20.1 Å². The van der Waals surface area contributed by atoms with Gasteiger partial charge in [-0.1, -0.05) is 0 Å². The molecule has 0 saturated heterocycles. The zero-order valence-corrected chi connectivity index (χ0v) is 17.9. The molecule has 1 aromatic heterocycles. The number of rotatable bonds is 7. The molecule has 0 aliphatic rings. The van der Waals surface area contributed by atoms with E-state index in [4.69, 9.17) is 4.74 Å². The molecule has 0 atom stereocenters. The van der Waals surface area contributed by atoms with Crippen molar-refractivity contribution in [3.63, 3.8) is 0 Å². The molecule has 5 nitrogen and oxygen atoms in total. The van der Waals surface area contributed by atoms with Gasteiger partial charge >= 0.3 is 6.61 Å². The lowest BCUT2D eigenvalue weighted by Crippen LogP contribution is -2.36. The average molecular weight is 497 g/mol. The summed E-state index contributed by atoms with van der Waals surface area (Å²) in [6.45, 7) is 0.0693. The van der Waals surface area contributed by atoms with Gasteiger partial charge in [-0.25, -0.2) is 0 Å². The quantitative estimate of drug-likeness (QED) is 0.343. The van der Waals surface area contributed by atoms with Gasteiger partial charge in [-0.15, -0.1) is 35.3 Å². The summed E-state index contributed by atoms with van der Waals surface area (Å²) in [5.41, 5.74) is 0.551. The van der Waals surface area contributed by atoms with Gasteiger partial charge in [0.2, 0.25) is 0 Å². The van der Waals surface area contributed by atoms with Gasteiger partial charge in [-0.2, -0.15) is 8.78 Å². The number of methoxy groups -OCH3 is 1. The first-order valence-electron chi connectivity index (χ1n) is 7.63. The van der Waals surface area contributed by atoms with Crippen molar-refractivity contribution in [3.05, 3.63) is 45.6 Å². The van der Waals surface area contributed by atoms with Crippen molar-refractivity contribution in [2.75, 3.05) is 14.2 Å². The van der Waals surface area contributed by atoms with Crippen LogP contribution in [0, 0.1) is 6.92 Å². The van der Waals surface area contributed by atoms with Crippen LogP contribution in [-0.4, -0.2) is 26.7 Å². The molecule has 0 amide bonds. The second kappa shape index (κ2) is 11.2. The molecule has 144 valence electrons. The topological polar surface area (TPSA) is 54.9 Å². The third kappa shape index (κ3) is 6.94. The maximum absolute atomic E-state index is 12.5. The van der Waals surface area contributed by atoms with Crippen molar-refractivity contribution in [3.8, 4) is 11.5 Å². The number of benzene rings is 1. The minimum atomic E-state index is -2.88. The van der Waals surface area contributed by atoms with Crippen molar-refractivity contribution in [2.45, 2.75) is 26.6 Å². The van der Waals surface area contributed by atoms with Gasteiger partial charge < -0.3 is 20.1 Å². The highest BCUT2D eigenvalue weighted by Crippen LogP contribution is 2.25. The number of aryl methyl sites for hydroxylation is 1. The fourth-order valence-electron chi connectivity index (χ4n) is 2.18. The first kappa shape index (κ1) is 22.4. The van der Waals surface area contributed by atoms with Crippen LogP contribution in [0.3, 0.4) is 0 Å². The van der Waals surface area contributed by atoms with E-state index >= 15 is 0 Å². The van der Waals surface area contributed by atoms with Gasteiger partial charge in [0.1, 0.15) is 11.5 Å². The van der Waals surface area contributed by atoms with Crippen LogP contribution in [-0.2, 0) is 13.1 Å². The molecule has 0 fully saturated rings. The summed E-state index contributed by atoms with van der Waals surface area (Å²) >= 11 is 1.70. The summed E-state index contributed by atoms with van der Waals surface area (Å²) in [6, 6.07) is 8.81. The van der Waals surface area contributed by atoms with Crippen molar-refractivity contribution >= 4 is 41.3 Å². The van der Waals surface area contributed by atoms with Gasteiger partial charge in [-0.3, -0.25) is 4.99 Å². The minimum absolute atomic E-state index is 0. The molecule has 0 radical (unpaired) electrons. The van der Waals surface area contributed by atoms with Crippen LogP contribution in [0.5, 0.6) is 11.5 Å². The highest BCUT2D eigenvalue weighted by atomic mass is 127. The lowest BCUT2D eigenvalue weighted by atomic mass is 10.2. The molecule has 1 heterocycles. The van der Waals surface area contributed by atoms with E-state index in [-0.39, 0.29) is 36.3 Å². The Morgan fingerprint density at radius 1 is 1.19 bits per heavy atom. The molecule has 0 saturated carbocycles. The fraction of sp³-hybridized carbons (Fsp3) is 0.353. The number of hydrogen-bond acceptors (Lipinski definition) is 4. The molecule has 26 heavy (non-hydrogen) atoms.